The maximum atomic E-state index is 12.3. The fraction of sp³-hybridized carbons (Fsp3) is 0.286. The highest BCUT2D eigenvalue weighted by Gasteiger charge is 2.16. The lowest BCUT2D eigenvalue weighted by Crippen LogP contribution is -2.09. The van der Waals surface area contributed by atoms with E-state index in [0.29, 0.717) is 25.2 Å². The smallest absolute Gasteiger partial charge is 0.146 e. The van der Waals surface area contributed by atoms with E-state index in [0.717, 1.165) is 11.4 Å². The quantitative estimate of drug-likeness (QED) is 0.822. The Morgan fingerprint density at radius 1 is 0.895 bits per heavy atom. The fourth-order valence-corrected chi connectivity index (χ4v) is 3.25. The molecule has 0 aliphatic carbocycles. The van der Waals surface area contributed by atoms with Gasteiger partial charge in [0.2, 0.25) is 0 Å². The largest absolute Gasteiger partial charge is 0.307 e. The topological polar surface area (TPSA) is 68.9 Å². The molecule has 0 atom stereocenters. The highest BCUT2D eigenvalue weighted by Crippen LogP contribution is 2.37. The second-order valence-electron chi connectivity index (χ2n) is 4.54. The second-order valence-corrected chi connectivity index (χ2v) is 7.34. The molecule has 0 fully saturated rings. The predicted molar refractivity (Wildman–Crippen MR) is 77.4 cm³/mol. The summed E-state index contributed by atoms with van der Waals surface area (Å²) in [6, 6.07) is 11.5. The summed E-state index contributed by atoms with van der Waals surface area (Å²) in [5.74, 6) is 0. The van der Waals surface area contributed by atoms with Gasteiger partial charge in [-0.15, -0.1) is 0 Å². The molecule has 0 aliphatic heterocycles. The zero-order chi connectivity index (χ0) is 13.6. The number of nitrogens with two attached hydrogens (primary N) is 1. The van der Waals surface area contributed by atoms with Gasteiger partial charge in [-0.1, -0.05) is 12.1 Å². The van der Waals surface area contributed by atoms with Gasteiger partial charge in [-0.2, -0.15) is 0 Å². The van der Waals surface area contributed by atoms with E-state index in [1.165, 1.54) is 0 Å². The summed E-state index contributed by atoms with van der Waals surface area (Å²) in [6.07, 6.45) is 5.80. The van der Waals surface area contributed by atoms with Crippen molar-refractivity contribution in [3.8, 4) is 0 Å². The van der Waals surface area contributed by atoms with Crippen molar-refractivity contribution in [3.05, 3.63) is 60.2 Å². The third-order valence-corrected chi connectivity index (χ3v) is 4.91. The standard InChI is InChI=1S/C14H18N3OP/c15-19(18,11-7-13-5-1-3-9-16-13)12-8-14-6-2-4-10-17-14/h1-6,9-10H,7-8,11-12H2,(H2,15,18). The molecular formula is C14H18N3OP. The minimum Gasteiger partial charge on any atom is -0.307 e. The van der Waals surface area contributed by atoms with Gasteiger partial charge in [0, 0.05) is 36.1 Å². The molecule has 0 radical (unpaired) electrons. The number of nitrogens with zero attached hydrogens (tertiary/aromatic N) is 2. The Kier molecular flexibility index (Phi) is 4.83. The molecule has 100 valence electrons. The maximum Gasteiger partial charge on any atom is 0.146 e. The minimum absolute atomic E-state index is 0.497. The molecule has 0 amide bonds. The molecule has 2 heterocycles. The van der Waals surface area contributed by atoms with Crippen LogP contribution in [0.2, 0.25) is 0 Å². The van der Waals surface area contributed by atoms with Crippen molar-refractivity contribution in [2.24, 2.45) is 5.50 Å². The second kappa shape index (κ2) is 6.60. The van der Waals surface area contributed by atoms with Crippen molar-refractivity contribution in [1.82, 2.24) is 9.97 Å². The van der Waals surface area contributed by atoms with E-state index in [1.54, 1.807) is 12.4 Å². The van der Waals surface area contributed by atoms with Gasteiger partial charge in [-0.25, -0.2) is 0 Å². The molecule has 2 N–H and O–H groups in total. The van der Waals surface area contributed by atoms with Crippen LogP contribution in [0.15, 0.2) is 48.8 Å². The monoisotopic (exact) mass is 275 g/mol. The van der Waals surface area contributed by atoms with Crippen molar-refractivity contribution in [1.29, 1.82) is 0 Å². The van der Waals surface area contributed by atoms with Crippen LogP contribution < -0.4 is 5.50 Å². The van der Waals surface area contributed by atoms with Crippen molar-refractivity contribution in [2.45, 2.75) is 12.8 Å². The molecule has 0 aromatic carbocycles. The first-order chi connectivity index (χ1) is 9.16. The molecule has 0 saturated heterocycles. The van der Waals surface area contributed by atoms with Crippen LogP contribution in [0.1, 0.15) is 11.4 Å². The average molecular weight is 275 g/mol. The lowest BCUT2D eigenvalue weighted by molar-refractivity contribution is 0.574. The SMILES string of the molecule is NP(=O)(CCc1ccccn1)CCc1ccccn1. The lowest BCUT2D eigenvalue weighted by atomic mass is 10.3. The summed E-state index contributed by atoms with van der Waals surface area (Å²) in [7, 11) is -2.60. The molecule has 0 bridgehead atoms. The van der Waals surface area contributed by atoms with Crippen molar-refractivity contribution in [3.63, 3.8) is 0 Å². The average Bonchev–Trinajstić information content (AvgIpc) is 2.46. The van der Waals surface area contributed by atoms with E-state index in [4.69, 9.17) is 5.50 Å². The minimum atomic E-state index is -2.60. The summed E-state index contributed by atoms with van der Waals surface area (Å²) in [4.78, 5) is 8.42. The van der Waals surface area contributed by atoms with Crippen LogP contribution in [0.3, 0.4) is 0 Å². The highest BCUT2D eigenvalue weighted by atomic mass is 31.2. The molecule has 0 saturated carbocycles. The van der Waals surface area contributed by atoms with Crippen LogP contribution in [-0.2, 0) is 17.4 Å². The fourth-order valence-electron chi connectivity index (χ4n) is 1.81. The van der Waals surface area contributed by atoms with Crippen LogP contribution in [0.4, 0.5) is 0 Å². The first kappa shape index (κ1) is 13.9. The van der Waals surface area contributed by atoms with Gasteiger partial charge in [0.25, 0.3) is 0 Å². The Morgan fingerprint density at radius 2 is 1.37 bits per heavy atom. The summed E-state index contributed by atoms with van der Waals surface area (Å²) in [6.45, 7) is 0. The van der Waals surface area contributed by atoms with E-state index in [1.807, 2.05) is 36.4 Å². The molecule has 2 rings (SSSR count). The van der Waals surface area contributed by atoms with Crippen LogP contribution >= 0.6 is 7.29 Å². The first-order valence-electron chi connectivity index (χ1n) is 6.32. The number of rotatable bonds is 6. The highest BCUT2D eigenvalue weighted by molar-refractivity contribution is 7.61. The molecule has 0 unspecified atom stereocenters. The number of aryl methyl sites for hydroxylation is 2. The van der Waals surface area contributed by atoms with Gasteiger partial charge in [-0.05, 0) is 37.1 Å². The van der Waals surface area contributed by atoms with E-state index in [-0.39, 0.29) is 0 Å². The molecule has 0 aliphatic rings. The molecular weight excluding hydrogens is 257 g/mol. The Balaban J connectivity index is 1.84. The van der Waals surface area contributed by atoms with Crippen LogP contribution in [0.5, 0.6) is 0 Å². The summed E-state index contributed by atoms with van der Waals surface area (Å²) >= 11 is 0. The van der Waals surface area contributed by atoms with Gasteiger partial charge >= 0.3 is 0 Å². The zero-order valence-corrected chi connectivity index (χ0v) is 11.7. The lowest BCUT2D eigenvalue weighted by Gasteiger charge is -2.12. The Bertz CT molecular complexity index is 498. The number of hydrogen-bond donors (Lipinski definition) is 1. The molecule has 19 heavy (non-hydrogen) atoms. The number of aromatic nitrogens is 2. The molecule has 5 heteroatoms. The van der Waals surface area contributed by atoms with Crippen LogP contribution in [0, 0.1) is 0 Å². The van der Waals surface area contributed by atoms with Crippen LogP contribution in [-0.4, -0.2) is 22.3 Å². The number of hydrogen-bond acceptors (Lipinski definition) is 3. The maximum absolute atomic E-state index is 12.3. The Hall–Kier alpha value is -1.51. The predicted octanol–water partition coefficient (Wildman–Crippen LogP) is 2.50. The van der Waals surface area contributed by atoms with E-state index in [2.05, 4.69) is 9.97 Å². The van der Waals surface area contributed by atoms with Gasteiger partial charge in [0.1, 0.15) is 7.29 Å². The Morgan fingerprint density at radius 3 is 1.74 bits per heavy atom. The zero-order valence-electron chi connectivity index (χ0n) is 10.8. The third-order valence-electron chi connectivity index (χ3n) is 2.95. The summed E-state index contributed by atoms with van der Waals surface area (Å²) in [5, 5.41) is 0. The van der Waals surface area contributed by atoms with Crippen LogP contribution in [0.25, 0.3) is 0 Å². The molecule has 4 nitrogen and oxygen atoms in total. The van der Waals surface area contributed by atoms with E-state index >= 15 is 0 Å². The van der Waals surface area contributed by atoms with E-state index in [9.17, 15) is 4.57 Å². The summed E-state index contributed by atoms with van der Waals surface area (Å²) in [5.41, 5.74) is 7.78. The van der Waals surface area contributed by atoms with Crippen molar-refractivity contribution >= 4 is 7.29 Å². The van der Waals surface area contributed by atoms with Gasteiger partial charge in [0.15, 0.2) is 0 Å². The van der Waals surface area contributed by atoms with Gasteiger partial charge in [-0.3, -0.25) is 15.5 Å². The molecule has 0 spiro atoms. The molecule has 2 aromatic rings. The normalized spacial score (nSPS) is 11.4. The Labute approximate surface area is 113 Å². The number of pyridine rings is 2. The van der Waals surface area contributed by atoms with E-state index < -0.39 is 7.29 Å². The van der Waals surface area contributed by atoms with Gasteiger partial charge in [0.05, 0.1) is 0 Å². The van der Waals surface area contributed by atoms with Crippen molar-refractivity contribution < 1.29 is 4.57 Å². The first-order valence-corrected chi connectivity index (χ1v) is 8.47. The molecule has 2 aromatic heterocycles. The third kappa shape index (κ3) is 4.93. The van der Waals surface area contributed by atoms with Gasteiger partial charge < -0.3 is 4.57 Å². The van der Waals surface area contributed by atoms with Crippen molar-refractivity contribution in [2.75, 3.05) is 12.3 Å². The summed E-state index contributed by atoms with van der Waals surface area (Å²) < 4.78 is 12.3.